The van der Waals surface area contributed by atoms with Gasteiger partial charge in [-0.2, -0.15) is 0 Å². The van der Waals surface area contributed by atoms with E-state index in [1.165, 1.54) is 11.1 Å². The highest BCUT2D eigenvalue weighted by atomic mass is 16.5. The molecule has 0 heterocycles. The minimum absolute atomic E-state index is 0.195. The molecule has 102 valence electrons. The summed E-state index contributed by atoms with van der Waals surface area (Å²) in [5.41, 5.74) is 2.36. The van der Waals surface area contributed by atoms with Crippen molar-refractivity contribution in [2.24, 2.45) is 0 Å². The Morgan fingerprint density at radius 1 is 0.882 bits per heavy atom. The third kappa shape index (κ3) is 25.5. The van der Waals surface area contributed by atoms with Crippen molar-refractivity contribution in [1.29, 1.82) is 0 Å². The van der Waals surface area contributed by atoms with Crippen LogP contribution in [0.5, 0.6) is 0 Å². The summed E-state index contributed by atoms with van der Waals surface area (Å²) in [6, 6.07) is 0. The van der Waals surface area contributed by atoms with Crippen LogP contribution in [0, 0.1) is 0 Å². The predicted molar refractivity (Wildman–Crippen MR) is 73.1 cm³/mol. The van der Waals surface area contributed by atoms with Crippen molar-refractivity contribution < 1.29 is 14.9 Å². The van der Waals surface area contributed by atoms with Crippen LogP contribution in [0.3, 0.4) is 0 Å². The lowest BCUT2D eigenvalue weighted by Gasteiger charge is -2.02. The van der Waals surface area contributed by atoms with E-state index >= 15 is 0 Å². The number of unbranched alkanes of at least 4 members (excludes halogenated alkanes) is 1. The third-order valence-electron chi connectivity index (χ3n) is 1.91. The van der Waals surface area contributed by atoms with Crippen LogP contribution in [0.15, 0.2) is 24.3 Å². The highest BCUT2D eigenvalue weighted by molar-refractivity contribution is 4.88. The van der Waals surface area contributed by atoms with E-state index in [0.29, 0.717) is 0 Å². The number of ether oxygens (including phenoxy) is 1. The van der Waals surface area contributed by atoms with Crippen LogP contribution in [0.4, 0.5) is 0 Å². The van der Waals surface area contributed by atoms with E-state index in [4.69, 9.17) is 14.9 Å². The van der Waals surface area contributed by atoms with Crippen molar-refractivity contribution >= 4 is 0 Å². The van der Waals surface area contributed by atoms with Crippen molar-refractivity contribution in [2.75, 3.05) is 26.4 Å². The lowest BCUT2D eigenvalue weighted by atomic mass is 10.2. The standard InChI is InChI=1S/C10H18O.C4H10O2/c1-9(2)5-7-11-8-6-10(3)4;5-3-1-2-4-6/h1,3,5-8H2,2,4H3;5-6H,1-4H2. The van der Waals surface area contributed by atoms with Crippen molar-refractivity contribution in [3.05, 3.63) is 24.3 Å². The van der Waals surface area contributed by atoms with Crippen LogP contribution in [-0.4, -0.2) is 36.6 Å². The molecular formula is C14H28O3. The summed E-state index contributed by atoms with van der Waals surface area (Å²) in [6.07, 6.45) is 3.37. The SMILES string of the molecule is C=C(C)CCOCCC(=C)C.OCCCCO. The van der Waals surface area contributed by atoms with Crippen molar-refractivity contribution in [3.63, 3.8) is 0 Å². The van der Waals surface area contributed by atoms with Crippen LogP contribution in [0.2, 0.25) is 0 Å². The first-order valence-electron chi connectivity index (χ1n) is 6.12. The second kappa shape index (κ2) is 15.4. The topological polar surface area (TPSA) is 49.7 Å². The van der Waals surface area contributed by atoms with Crippen LogP contribution in [-0.2, 0) is 4.74 Å². The molecule has 0 aromatic carbocycles. The average molecular weight is 244 g/mol. The van der Waals surface area contributed by atoms with Crippen LogP contribution < -0.4 is 0 Å². The number of aliphatic hydroxyl groups is 2. The maximum Gasteiger partial charge on any atom is 0.0503 e. The molecule has 3 heteroatoms. The molecule has 17 heavy (non-hydrogen) atoms. The maximum absolute atomic E-state index is 8.09. The second-order valence-electron chi connectivity index (χ2n) is 4.18. The molecule has 0 aliphatic carbocycles. The molecule has 0 aliphatic heterocycles. The van der Waals surface area contributed by atoms with Gasteiger partial charge in [0.15, 0.2) is 0 Å². The van der Waals surface area contributed by atoms with Gasteiger partial charge >= 0.3 is 0 Å². The summed E-state index contributed by atoms with van der Waals surface area (Å²) < 4.78 is 5.33. The monoisotopic (exact) mass is 244 g/mol. The Labute approximate surface area is 106 Å². The fraction of sp³-hybridized carbons (Fsp3) is 0.714. The van der Waals surface area contributed by atoms with Crippen molar-refractivity contribution in [3.8, 4) is 0 Å². The summed E-state index contributed by atoms with van der Waals surface area (Å²) in [5.74, 6) is 0. The Kier molecular flexibility index (Phi) is 16.9. The fourth-order valence-corrected chi connectivity index (χ4v) is 0.818. The van der Waals surface area contributed by atoms with Crippen LogP contribution >= 0.6 is 0 Å². The van der Waals surface area contributed by atoms with Crippen LogP contribution in [0.25, 0.3) is 0 Å². The van der Waals surface area contributed by atoms with Crippen molar-refractivity contribution in [2.45, 2.75) is 39.5 Å². The van der Waals surface area contributed by atoms with Gasteiger partial charge in [0.2, 0.25) is 0 Å². The summed E-state index contributed by atoms with van der Waals surface area (Å²) in [7, 11) is 0. The molecule has 0 atom stereocenters. The lowest BCUT2D eigenvalue weighted by molar-refractivity contribution is 0.140. The molecule has 0 saturated heterocycles. The average Bonchev–Trinajstić information content (AvgIpc) is 2.26. The van der Waals surface area contributed by atoms with Gasteiger partial charge in [-0.1, -0.05) is 11.1 Å². The van der Waals surface area contributed by atoms with E-state index in [2.05, 4.69) is 13.2 Å². The molecule has 0 spiro atoms. The summed E-state index contributed by atoms with van der Waals surface area (Å²) >= 11 is 0. The number of aliphatic hydroxyl groups excluding tert-OH is 2. The van der Waals surface area contributed by atoms with E-state index < -0.39 is 0 Å². The summed E-state index contributed by atoms with van der Waals surface area (Å²) in [4.78, 5) is 0. The van der Waals surface area contributed by atoms with E-state index in [-0.39, 0.29) is 13.2 Å². The molecule has 0 radical (unpaired) electrons. The van der Waals surface area contributed by atoms with Crippen LogP contribution in [0.1, 0.15) is 39.5 Å². The Balaban J connectivity index is 0. The molecule has 0 unspecified atom stereocenters. The first kappa shape index (κ1) is 18.7. The molecule has 0 amide bonds. The van der Waals surface area contributed by atoms with Crippen molar-refractivity contribution in [1.82, 2.24) is 0 Å². The minimum Gasteiger partial charge on any atom is -0.396 e. The first-order chi connectivity index (χ1) is 8.04. The van der Waals surface area contributed by atoms with E-state index in [1.54, 1.807) is 0 Å². The van der Waals surface area contributed by atoms with Gasteiger partial charge in [0, 0.05) is 13.2 Å². The molecular weight excluding hydrogens is 216 g/mol. The minimum atomic E-state index is 0.195. The highest BCUT2D eigenvalue weighted by Crippen LogP contribution is 1.98. The number of hydrogen-bond donors (Lipinski definition) is 2. The van der Waals surface area contributed by atoms with Gasteiger partial charge in [-0.05, 0) is 39.5 Å². The maximum atomic E-state index is 8.09. The molecule has 0 saturated carbocycles. The molecule has 0 aromatic rings. The Morgan fingerprint density at radius 3 is 1.47 bits per heavy atom. The smallest absolute Gasteiger partial charge is 0.0503 e. The Hall–Kier alpha value is -0.640. The molecule has 0 aliphatic rings. The summed E-state index contributed by atoms with van der Waals surface area (Å²) in [6.45, 7) is 13.6. The largest absolute Gasteiger partial charge is 0.396 e. The normalized spacial score (nSPS) is 9.41. The number of hydrogen-bond acceptors (Lipinski definition) is 3. The molecule has 0 aromatic heterocycles. The zero-order valence-electron chi connectivity index (χ0n) is 11.4. The van der Waals surface area contributed by atoms with Gasteiger partial charge in [0.05, 0.1) is 13.2 Å². The van der Waals surface area contributed by atoms with E-state index in [0.717, 1.165) is 38.9 Å². The number of rotatable bonds is 9. The van der Waals surface area contributed by atoms with E-state index in [9.17, 15) is 0 Å². The Bertz CT molecular complexity index is 168. The molecule has 0 bridgehead atoms. The van der Waals surface area contributed by atoms with Gasteiger partial charge < -0.3 is 14.9 Å². The molecule has 2 N–H and O–H groups in total. The Morgan fingerprint density at radius 2 is 1.24 bits per heavy atom. The molecule has 0 fully saturated rings. The van der Waals surface area contributed by atoms with Gasteiger partial charge in [0.25, 0.3) is 0 Å². The highest BCUT2D eigenvalue weighted by Gasteiger charge is 1.89. The third-order valence-corrected chi connectivity index (χ3v) is 1.91. The van der Waals surface area contributed by atoms with Gasteiger partial charge in [0.1, 0.15) is 0 Å². The summed E-state index contributed by atoms with van der Waals surface area (Å²) in [5, 5.41) is 16.2. The lowest BCUT2D eigenvalue weighted by Crippen LogP contribution is -1.97. The quantitative estimate of drug-likeness (QED) is 0.484. The zero-order valence-corrected chi connectivity index (χ0v) is 11.4. The fourth-order valence-electron chi connectivity index (χ4n) is 0.818. The van der Waals surface area contributed by atoms with E-state index in [1.807, 2.05) is 13.8 Å². The van der Waals surface area contributed by atoms with Gasteiger partial charge in [-0.15, -0.1) is 13.2 Å². The van der Waals surface area contributed by atoms with Gasteiger partial charge in [-0.25, -0.2) is 0 Å². The van der Waals surface area contributed by atoms with Gasteiger partial charge in [-0.3, -0.25) is 0 Å². The molecule has 3 nitrogen and oxygen atoms in total. The molecule has 0 rings (SSSR count). The predicted octanol–water partition coefficient (Wildman–Crippen LogP) is 2.69. The zero-order chi connectivity index (χ0) is 13.5. The second-order valence-corrected chi connectivity index (χ2v) is 4.18. The first-order valence-corrected chi connectivity index (χ1v) is 6.12.